The molecule has 1 aromatic heterocycles. The molecule has 0 saturated heterocycles. The minimum atomic E-state index is -4.56. The van der Waals surface area contributed by atoms with Gasteiger partial charge in [-0.25, -0.2) is 4.79 Å². The zero-order valence-electron chi connectivity index (χ0n) is 12.6. The SMILES string of the molecule is CC(=NOC(=O)Nc1ccc(Cl)cc1)c1ncc(C(F)(F)F)cc1Cl. The summed E-state index contributed by atoms with van der Waals surface area (Å²) >= 11 is 11.5. The van der Waals surface area contributed by atoms with Crippen molar-refractivity contribution in [3.05, 3.63) is 57.8 Å². The Labute approximate surface area is 150 Å². The van der Waals surface area contributed by atoms with Crippen molar-refractivity contribution < 1.29 is 22.8 Å². The molecule has 2 aromatic rings. The number of alkyl halides is 3. The summed E-state index contributed by atoms with van der Waals surface area (Å²) in [6.45, 7) is 1.39. The van der Waals surface area contributed by atoms with Gasteiger partial charge in [0.2, 0.25) is 0 Å². The first-order valence-corrected chi connectivity index (χ1v) is 7.43. The highest BCUT2D eigenvalue weighted by Gasteiger charge is 2.31. The molecule has 0 aliphatic carbocycles. The van der Waals surface area contributed by atoms with Crippen LogP contribution in [-0.2, 0) is 11.0 Å². The molecule has 0 atom stereocenters. The Balaban J connectivity index is 2.05. The van der Waals surface area contributed by atoms with E-state index in [1.807, 2.05) is 0 Å². The van der Waals surface area contributed by atoms with Gasteiger partial charge < -0.3 is 0 Å². The van der Waals surface area contributed by atoms with Crippen molar-refractivity contribution in [1.82, 2.24) is 4.98 Å². The lowest BCUT2D eigenvalue weighted by Gasteiger charge is -2.08. The van der Waals surface area contributed by atoms with Crippen LogP contribution in [0, 0.1) is 0 Å². The Hall–Kier alpha value is -2.32. The van der Waals surface area contributed by atoms with Gasteiger partial charge in [0, 0.05) is 16.9 Å². The molecule has 0 aliphatic rings. The van der Waals surface area contributed by atoms with Gasteiger partial charge in [0.25, 0.3) is 0 Å². The fourth-order valence-electron chi connectivity index (χ4n) is 1.69. The van der Waals surface area contributed by atoms with Crippen LogP contribution in [-0.4, -0.2) is 16.8 Å². The van der Waals surface area contributed by atoms with Gasteiger partial charge in [-0.05, 0) is 37.3 Å². The van der Waals surface area contributed by atoms with Crippen LogP contribution in [0.1, 0.15) is 18.2 Å². The molecule has 1 N–H and O–H groups in total. The molecular weight excluding hydrogens is 382 g/mol. The van der Waals surface area contributed by atoms with Gasteiger partial charge in [-0.1, -0.05) is 28.4 Å². The van der Waals surface area contributed by atoms with Gasteiger partial charge in [-0.2, -0.15) is 13.2 Å². The summed E-state index contributed by atoms with van der Waals surface area (Å²) in [6.07, 6.45) is -4.84. The number of nitrogens with zero attached hydrogens (tertiary/aromatic N) is 2. The average Bonchev–Trinajstić information content (AvgIpc) is 2.54. The van der Waals surface area contributed by atoms with Gasteiger partial charge in [0.1, 0.15) is 11.4 Å². The third kappa shape index (κ3) is 5.33. The average molecular weight is 392 g/mol. The first-order valence-electron chi connectivity index (χ1n) is 6.68. The molecule has 0 aliphatic heterocycles. The standard InChI is InChI=1S/C15H10Cl2F3N3O2/c1-8(13-12(17)6-9(7-21-13)15(18,19)20)23-25-14(24)22-11-4-2-10(16)3-5-11/h2-7H,1H3,(H,22,24). The highest BCUT2D eigenvalue weighted by Crippen LogP contribution is 2.31. The molecular formula is C15H10Cl2F3N3O2. The van der Waals surface area contributed by atoms with E-state index in [9.17, 15) is 18.0 Å². The van der Waals surface area contributed by atoms with Crippen molar-refractivity contribution >= 4 is 40.7 Å². The van der Waals surface area contributed by atoms with E-state index in [1.165, 1.54) is 6.92 Å². The fraction of sp³-hybridized carbons (Fsp3) is 0.133. The Morgan fingerprint density at radius 1 is 1.24 bits per heavy atom. The van der Waals surface area contributed by atoms with Gasteiger partial charge in [0.15, 0.2) is 0 Å². The number of benzene rings is 1. The number of hydrogen-bond acceptors (Lipinski definition) is 4. The lowest BCUT2D eigenvalue weighted by Crippen LogP contribution is -2.13. The molecule has 0 saturated carbocycles. The van der Waals surface area contributed by atoms with Crippen LogP contribution >= 0.6 is 23.2 Å². The van der Waals surface area contributed by atoms with Gasteiger partial charge in [-0.15, -0.1) is 0 Å². The minimum absolute atomic E-state index is 0.0324. The maximum absolute atomic E-state index is 12.6. The number of aromatic nitrogens is 1. The second-order valence-corrected chi connectivity index (χ2v) is 5.58. The molecule has 0 radical (unpaired) electrons. The molecule has 0 fully saturated rings. The second-order valence-electron chi connectivity index (χ2n) is 4.74. The highest BCUT2D eigenvalue weighted by molar-refractivity contribution is 6.33. The molecule has 5 nitrogen and oxygen atoms in total. The van der Waals surface area contributed by atoms with E-state index >= 15 is 0 Å². The zero-order chi connectivity index (χ0) is 18.6. The van der Waals surface area contributed by atoms with Crippen LogP contribution in [0.15, 0.2) is 41.7 Å². The van der Waals surface area contributed by atoms with Crippen LogP contribution in [0.2, 0.25) is 10.0 Å². The number of anilines is 1. The Bertz CT molecular complexity index is 809. The Morgan fingerprint density at radius 2 is 1.88 bits per heavy atom. The first-order chi connectivity index (χ1) is 11.7. The zero-order valence-corrected chi connectivity index (χ0v) is 14.1. The number of nitrogens with one attached hydrogen (secondary N) is 1. The van der Waals surface area contributed by atoms with Gasteiger partial charge in [0.05, 0.1) is 10.6 Å². The molecule has 0 unspecified atom stereocenters. The predicted molar refractivity (Wildman–Crippen MR) is 88.0 cm³/mol. The summed E-state index contributed by atoms with van der Waals surface area (Å²) in [5.41, 5.74) is -0.567. The summed E-state index contributed by atoms with van der Waals surface area (Å²) in [4.78, 5) is 19.9. The van der Waals surface area contributed by atoms with E-state index in [-0.39, 0.29) is 16.4 Å². The van der Waals surface area contributed by atoms with Crippen molar-refractivity contribution in [2.24, 2.45) is 5.16 Å². The molecule has 25 heavy (non-hydrogen) atoms. The van der Waals surface area contributed by atoms with Crippen LogP contribution in [0.3, 0.4) is 0 Å². The normalized spacial score (nSPS) is 12.0. The van der Waals surface area contributed by atoms with Crippen molar-refractivity contribution in [2.75, 3.05) is 5.32 Å². The van der Waals surface area contributed by atoms with Crippen molar-refractivity contribution in [3.63, 3.8) is 0 Å². The summed E-state index contributed by atoms with van der Waals surface area (Å²) < 4.78 is 37.7. The van der Waals surface area contributed by atoms with E-state index in [1.54, 1.807) is 24.3 Å². The summed E-state index contributed by atoms with van der Waals surface area (Å²) in [5.74, 6) is 0. The Kier molecular flexibility index (Phi) is 5.86. The largest absolute Gasteiger partial charge is 0.437 e. The topological polar surface area (TPSA) is 63.6 Å². The number of amides is 1. The van der Waals surface area contributed by atoms with Crippen LogP contribution in [0.25, 0.3) is 0 Å². The van der Waals surface area contributed by atoms with Gasteiger partial charge >= 0.3 is 12.3 Å². The molecule has 1 amide bonds. The van der Waals surface area contributed by atoms with E-state index in [0.717, 1.165) is 6.07 Å². The summed E-state index contributed by atoms with van der Waals surface area (Å²) in [7, 11) is 0. The number of carbonyl (C=O) groups is 1. The van der Waals surface area contributed by atoms with E-state index in [4.69, 9.17) is 23.2 Å². The maximum Gasteiger partial charge on any atom is 0.437 e. The van der Waals surface area contributed by atoms with Crippen molar-refractivity contribution in [3.8, 4) is 0 Å². The second kappa shape index (κ2) is 7.71. The lowest BCUT2D eigenvalue weighted by atomic mass is 10.2. The smallest absolute Gasteiger partial charge is 0.297 e. The molecule has 1 aromatic carbocycles. The molecule has 0 bridgehead atoms. The number of oxime groups is 1. The monoisotopic (exact) mass is 391 g/mol. The molecule has 10 heteroatoms. The van der Waals surface area contributed by atoms with Crippen LogP contribution in [0.4, 0.5) is 23.7 Å². The molecule has 132 valence electrons. The first kappa shape index (κ1) is 19.0. The van der Waals surface area contributed by atoms with E-state index in [2.05, 4.69) is 20.3 Å². The third-order valence-corrected chi connectivity index (χ3v) is 3.41. The molecule has 2 rings (SSSR count). The number of rotatable bonds is 3. The minimum Gasteiger partial charge on any atom is -0.297 e. The quantitative estimate of drug-likeness (QED) is 0.433. The molecule has 1 heterocycles. The third-order valence-electron chi connectivity index (χ3n) is 2.87. The number of pyridine rings is 1. The fourth-order valence-corrected chi connectivity index (χ4v) is 2.12. The maximum atomic E-state index is 12.6. The number of halogens is 5. The number of carbonyl (C=O) groups excluding carboxylic acids is 1. The highest BCUT2D eigenvalue weighted by atomic mass is 35.5. The lowest BCUT2D eigenvalue weighted by molar-refractivity contribution is -0.137. The summed E-state index contributed by atoms with van der Waals surface area (Å²) in [6, 6.07) is 6.95. The van der Waals surface area contributed by atoms with E-state index < -0.39 is 17.8 Å². The Morgan fingerprint density at radius 3 is 2.44 bits per heavy atom. The number of hydrogen-bond donors (Lipinski definition) is 1. The van der Waals surface area contributed by atoms with Crippen LogP contribution < -0.4 is 5.32 Å². The molecule has 0 spiro atoms. The van der Waals surface area contributed by atoms with Crippen molar-refractivity contribution in [2.45, 2.75) is 13.1 Å². The predicted octanol–water partition coefficient (Wildman–Crippen LogP) is 5.38. The van der Waals surface area contributed by atoms with E-state index in [0.29, 0.717) is 16.9 Å². The van der Waals surface area contributed by atoms with Gasteiger partial charge in [-0.3, -0.25) is 15.1 Å². The van der Waals surface area contributed by atoms with Crippen molar-refractivity contribution in [1.29, 1.82) is 0 Å². The summed E-state index contributed by atoms with van der Waals surface area (Å²) in [5, 5.41) is 6.13. The van der Waals surface area contributed by atoms with Crippen LogP contribution in [0.5, 0.6) is 0 Å².